The lowest BCUT2D eigenvalue weighted by Crippen LogP contribution is -2.57. The lowest BCUT2D eigenvalue weighted by atomic mass is 9.73. The van der Waals surface area contributed by atoms with Crippen molar-refractivity contribution in [2.24, 2.45) is 15.9 Å². The summed E-state index contributed by atoms with van der Waals surface area (Å²) in [4.78, 5) is 22.4. The molecule has 0 aromatic heterocycles. The number of aliphatic hydroxyl groups is 1. The summed E-state index contributed by atoms with van der Waals surface area (Å²) >= 11 is 6.24. The van der Waals surface area contributed by atoms with E-state index in [4.69, 9.17) is 16.3 Å². The third-order valence-electron chi connectivity index (χ3n) is 7.09. The van der Waals surface area contributed by atoms with Gasteiger partial charge in [0.2, 0.25) is 10.0 Å². The standard InChI is InChI=1S/C24H34ClN3O5S/c1-4-5-13-24(26-20(17-29)21(25)27-24)16-18-11-14-23(15-12-18,22(30)33-3)28(2)34(31,32)19-9-7-6-8-10-19/h6-10,18,29H,4-5,11-17H2,1-3H3. The van der Waals surface area contributed by atoms with Crippen LogP contribution >= 0.6 is 11.6 Å². The van der Waals surface area contributed by atoms with E-state index in [2.05, 4.69) is 16.9 Å². The second-order valence-corrected chi connectivity index (χ2v) is 11.5. The highest BCUT2D eigenvalue weighted by Gasteiger charge is 2.51. The van der Waals surface area contributed by atoms with Gasteiger partial charge in [-0.2, -0.15) is 4.31 Å². The van der Waals surface area contributed by atoms with Gasteiger partial charge in [-0.3, -0.25) is 9.79 Å². The molecule has 1 N–H and O–H groups in total. The van der Waals surface area contributed by atoms with E-state index in [0.717, 1.165) is 19.3 Å². The molecule has 1 aromatic rings. The molecule has 3 rings (SSSR count). The molecule has 1 aliphatic heterocycles. The molecule has 34 heavy (non-hydrogen) atoms. The van der Waals surface area contributed by atoms with Gasteiger partial charge in [0.05, 0.1) is 18.6 Å². The Hall–Kier alpha value is -1.81. The average Bonchev–Trinajstić information content (AvgIpc) is 3.18. The van der Waals surface area contributed by atoms with Crippen LogP contribution in [0.4, 0.5) is 0 Å². The monoisotopic (exact) mass is 511 g/mol. The minimum atomic E-state index is -3.89. The average molecular weight is 512 g/mol. The van der Waals surface area contributed by atoms with E-state index in [-0.39, 0.29) is 22.6 Å². The van der Waals surface area contributed by atoms with Crippen molar-refractivity contribution in [3.05, 3.63) is 30.3 Å². The zero-order valence-corrected chi connectivity index (χ0v) is 21.6. The maximum Gasteiger partial charge on any atom is 0.327 e. The van der Waals surface area contributed by atoms with Gasteiger partial charge in [0.15, 0.2) is 5.66 Å². The Kier molecular flexibility index (Phi) is 8.55. The van der Waals surface area contributed by atoms with Crippen molar-refractivity contribution in [3.63, 3.8) is 0 Å². The molecule has 0 amide bonds. The van der Waals surface area contributed by atoms with Crippen LogP contribution in [-0.4, -0.2) is 66.6 Å². The first-order valence-electron chi connectivity index (χ1n) is 11.7. The summed E-state index contributed by atoms with van der Waals surface area (Å²) in [6.07, 6.45) is 5.19. The first-order chi connectivity index (χ1) is 16.1. The summed E-state index contributed by atoms with van der Waals surface area (Å²) in [5.41, 5.74) is -1.57. The zero-order chi connectivity index (χ0) is 25.0. The Morgan fingerprint density at radius 1 is 1.24 bits per heavy atom. The summed E-state index contributed by atoms with van der Waals surface area (Å²) in [6.45, 7) is 1.84. The molecular formula is C24H34ClN3O5S. The van der Waals surface area contributed by atoms with Crippen molar-refractivity contribution in [2.45, 2.75) is 74.4 Å². The van der Waals surface area contributed by atoms with Crippen LogP contribution in [0.1, 0.15) is 58.3 Å². The number of likely N-dealkylation sites (N-methyl/N-ethyl adjacent to an activating group) is 1. The molecule has 0 bridgehead atoms. The largest absolute Gasteiger partial charge is 0.468 e. The fourth-order valence-electron chi connectivity index (χ4n) is 5.07. The second kappa shape index (κ2) is 10.8. The Balaban J connectivity index is 1.82. The van der Waals surface area contributed by atoms with Crippen molar-refractivity contribution in [3.8, 4) is 0 Å². The molecule has 10 heteroatoms. The van der Waals surface area contributed by atoms with Gasteiger partial charge in [-0.05, 0) is 63.0 Å². The summed E-state index contributed by atoms with van der Waals surface area (Å²) in [5, 5.41) is 9.83. The number of carbonyl (C=O) groups is 1. The number of carbonyl (C=O) groups excluding carboxylic acids is 1. The number of rotatable bonds is 10. The fourth-order valence-corrected chi connectivity index (χ4v) is 6.87. The molecule has 1 fully saturated rings. The maximum absolute atomic E-state index is 13.3. The Labute approximate surface area is 207 Å². The number of hydrogen-bond donors (Lipinski definition) is 1. The van der Waals surface area contributed by atoms with Gasteiger partial charge in [0.25, 0.3) is 0 Å². The minimum Gasteiger partial charge on any atom is -0.468 e. The number of aliphatic hydroxyl groups excluding tert-OH is 1. The van der Waals surface area contributed by atoms with Crippen molar-refractivity contribution in [2.75, 3.05) is 20.8 Å². The Morgan fingerprint density at radius 2 is 1.88 bits per heavy atom. The van der Waals surface area contributed by atoms with Crippen molar-refractivity contribution in [1.82, 2.24) is 4.31 Å². The SMILES string of the molecule is CCCCC1(CC2CCC(C(=O)OC)(N(C)S(=O)(=O)c3ccccc3)CC2)N=C(Cl)C(CO)=N1. The topological polar surface area (TPSA) is 109 Å². The number of esters is 1. The van der Waals surface area contributed by atoms with Crippen LogP contribution in [0.5, 0.6) is 0 Å². The van der Waals surface area contributed by atoms with Crippen molar-refractivity contribution < 1.29 is 23.1 Å². The first kappa shape index (κ1) is 26.8. The number of halogens is 1. The third-order valence-corrected chi connectivity index (χ3v) is 9.33. The van der Waals surface area contributed by atoms with Crippen molar-refractivity contribution in [1.29, 1.82) is 0 Å². The Morgan fingerprint density at radius 3 is 2.41 bits per heavy atom. The lowest BCUT2D eigenvalue weighted by molar-refractivity contribution is -0.154. The van der Waals surface area contributed by atoms with Gasteiger partial charge < -0.3 is 9.84 Å². The molecule has 1 unspecified atom stereocenters. The molecule has 1 saturated carbocycles. The minimum absolute atomic E-state index is 0.141. The van der Waals surface area contributed by atoms with Crippen LogP contribution in [0.3, 0.4) is 0 Å². The van der Waals surface area contributed by atoms with Crippen LogP contribution < -0.4 is 0 Å². The molecule has 0 saturated heterocycles. The van der Waals surface area contributed by atoms with Crippen LogP contribution in [0.2, 0.25) is 0 Å². The predicted octanol–water partition coefficient (Wildman–Crippen LogP) is 3.77. The molecule has 0 radical (unpaired) electrons. The molecule has 1 atom stereocenters. The summed E-state index contributed by atoms with van der Waals surface area (Å²) in [5.74, 6) is -0.367. The van der Waals surface area contributed by atoms with Crippen LogP contribution in [0.25, 0.3) is 0 Å². The summed E-state index contributed by atoms with van der Waals surface area (Å²) in [7, 11) is -1.14. The van der Waals surface area contributed by atoms with Crippen molar-refractivity contribution >= 4 is 38.5 Å². The quantitative estimate of drug-likeness (QED) is 0.481. The third kappa shape index (κ3) is 5.22. The molecule has 0 spiro atoms. The Bertz CT molecular complexity index is 1040. The number of ether oxygens (including phenoxy) is 1. The molecule has 1 aliphatic carbocycles. The van der Waals surface area contributed by atoms with Gasteiger partial charge in [0, 0.05) is 7.05 Å². The number of aliphatic imine (C=N–C) groups is 2. The lowest BCUT2D eigenvalue weighted by Gasteiger charge is -2.44. The van der Waals surface area contributed by atoms with Crippen LogP contribution in [-0.2, 0) is 19.6 Å². The van der Waals surface area contributed by atoms with Crippen LogP contribution in [0, 0.1) is 5.92 Å². The van der Waals surface area contributed by atoms with E-state index < -0.39 is 27.2 Å². The molecule has 8 nitrogen and oxygen atoms in total. The smallest absolute Gasteiger partial charge is 0.327 e. The van der Waals surface area contributed by atoms with E-state index >= 15 is 0 Å². The zero-order valence-electron chi connectivity index (χ0n) is 20.0. The normalized spacial score (nSPS) is 27.4. The van der Waals surface area contributed by atoms with Gasteiger partial charge in [-0.25, -0.2) is 13.4 Å². The molecular weight excluding hydrogens is 478 g/mol. The summed E-state index contributed by atoms with van der Waals surface area (Å²) in [6, 6.07) is 8.12. The van der Waals surface area contributed by atoms with E-state index in [1.165, 1.54) is 30.6 Å². The second-order valence-electron chi connectivity index (χ2n) is 9.16. The van der Waals surface area contributed by atoms with E-state index in [9.17, 15) is 18.3 Å². The number of unbranched alkanes of at least 4 members (excludes halogenated alkanes) is 1. The number of methoxy groups -OCH3 is 1. The molecule has 188 valence electrons. The van der Waals surface area contributed by atoms with Gasteiger partial charge in [-0.15, -0.1) is 0 Å². The highest BCUT2D eigenvalue weighted by molar-refractivity contribution is 7.89. The molecule has 2 aliphatic rings. The molecule has 1 heterocycles. The van der Waals surface area contributed by atoms with Crippen LogP contribution in [0.15, 0.2) is 45.2 Å². The number of benzene rings is 1. The number of sulfonamides is 1. The van der Waals surface area contributed by atoms with E-state index in [0.29, 0.717) is 37.8 Å². The maximum atomic E-state index is 13.3. The highest BCUT2D eigenvalue weighted by atomic mass is 35.5. The van der Waals surface area contributed by atoms with E-state index in [1.807, 2.05) is 0 Å². The fraction of sp³-hybridized carbons (Fsp3) is 0.625. The predicted molar refractivity (Wildman–Crippen MR) is 133 cm³/mol. The number of nitrogens with zero attached hydrogens (tertiary/aromatic N) is 3. The van der Waals surface area contributed by atoms with Gasteiger partial charge in [-0.1, -0.05) is 43.1 Å². The number of hydrogen-bond acceptors (Lipinski definition) is 7. The highest BCUT2D eigenvalue weighted by Crippen LogP contribution is 2.44. The van der Waals surface area contributed by atoms with E-state index in [1.54, 1.807) is 18.2 Å². The van der Waals surface area contributed by atoms with Gasteiger partial charge in [0.1, 0.15) is 16.4 Å². The summed E-state index contributed by atoms with van der Waals surface area (Å²) < 4.78 is 33.0. The van der Waals surface area contributed by atoms with Gasteiger partial charge >= 0.3 is 5.97 Å². The molecule has 1 aromatic carbocycles. The first-order valence-corrected chi connectivity index (χ1v) is 13.5.